The van der Waals surface area contributed by atoms with Crippen molar-refractivity contribution in [2.24, 2.45) is 0 Å². The van der Waals surface area contributed by atoms with Gasteiger partial charge in [-0.15, -0.1) is 0 Å². The van der Waals surface area contributed by atoms with E-state index in [9.17, 15) is 0 Å². The Morgan fingerprint density at radius 3 is 1.81 bits per heavy atom. The lowest BCUT2D eigenvalue weighted by atomic mass is 9.82. The summed E-state index contributed by atoms with van der Waals surface area (Å²) in [6, 6.07) is 67.9. The first-order chi connectivity index (χ1) is 26.0. The third kappa shape index (κ3) is 5.18. The van der Waals surface area contributed by atoms with E-state index in [1.54, 1.807) is 0 Å². The zero-order valence-corrected chi connectivity index (χ0v) is 29.8. The van der Waals surface area contributed by atoms with E-state index in [-0.39, 0.29) is 5.41 Å². The Bertz CT molecular complexity index is 2790. The quantitative estimate of drug-likeness (QED) is 0.174. The van der Waals surface area contributed by atoms with Crippen molar-refractivity contribution in [1.82, 2.24) is 0 Å². The normalized spacial score (nSPS) is 12.9. The number of hydrogen-bond donors (Lipinski definition) is 0. The van der Waals surface area contributed by atoms with Crippen molar-refractivity contribution < 1.29 is 4.42 Å². The van der Waals surface area contributed by atoms with Gasteiger partial charge < -0.3 is 9.32 Å². The second kappa shape index (κ2) is 12.3. The molecule has 252 valence electrons. The maximum atomic E-state index is 6.48. The van der Waals surface area contributed by atoms with Gasteiger partial charge in [0.25, 0.3) is 0 Å². The fraction of sp³-hybridized carbons (Fsp3) is 0.0588. The molecule has 0 aliphatic heterocycles. The van der Waals surface area contributed by atoms with Crippen LogP contribution in [-0.2, 0) is 5.41 Å². The predicted octanol–water partition coefficient (Wildman–Crippen LogP) is 14.4. The van der Waals surface area contributed by atoms with E-state index in [1.165, 1.54) is 33.4 Å². The zero-order chi connectivity index (χ0) is 35.5. The van der Waals surface area contributed by atoms with Crippen LogP contribution in [0.15, 0.2) is 192 Å². The summed E-state index contributed by atoms with van der Waals surface area (Å²) in [6.45, 7) is 4.70. The number of nitrogens with zero attached hydrogens (tertiary/aromatic N) is 1. The highest BCUT2D eigenvalue weighted by Crippen LogP contribution is 2.51. The van der Waals surface area contributed by atoms with Crippen LogP contribution in [0.1, 0.15) is 25.0 Å². The summed E-state index contributed by atoms with van der Waals surface area (Å²) in [4.78, 5) is 2.40. The number of fused-ring (bicyclic) bond motifs is 6. The van der Waals surface area contributed by atoms with Gasteiger partial charge >= 0.3 is 0 Å². The lowest BCUT2D eigenvalue weighted by Crippen LogP contribution is -2.16. The molecule has 0 bridgehead atoms. The van der Waals surface area contributed by atoms with Crippen LogP contribution >= 0.6 is 0 Å². The number of hydrogen-bond acceptors (Lipinski definition) is 2. The largest absolute Gasteiger partial charge is 0.455 e. The average Bonchev–Trinajstić information content (AvgIpc) is 3.70. The van der Waals surface area contributed by atoms with Gasteiger partial charge in [0.15, 0.2) is 0 Å². The van der Waals surface area contributed by atoms with Crippen molar-refractivity contribution in [2.75, 3.05) is 4.90 Å². The molecule has 0 spiro atoms. The van der Waals surface area contributed by atoms with Crippen molar-refractivity contribution in [1.29, 1.82) is 0 Å². The van der Waals surface area contributed by atoms with Crippen LogP contribution in [0.3, 0.4) is 0 Å². The number of benzene rings is 8. The van der Waals surface area contributed by atoms with Gasteiger partial charge in [0, 0.05) is 38.8 Å². The molecule has 1 aliphatic carbocycles. The van der Waals surface area contributed by atoms with E-state index in [0.717, 1.165) is 61.3 Å². The third-order valence-corrected chi connectivity index (χ3v) is 11.1. The van der Waals surface area contributed by atoms with Crippen LogP contribution in [-0.4, -0.2) is 0 Å². The molecule has 0 atom stereocenters. The molecule has 1 heterocycles. The molecule has 0 radical (unpaired) electrons. The summed E-state index contributed by atoms with van der Waals surface area (Å²) in [5.41, 5.74) is 17.4. The number of anilines is 3. The van der Waals surface area contributed by atoms with Crippen LogP contribution in [0, 0.1) is 0 Å². The summed E-state index contributed by atoms with van der Waals surface area (Å²) in [5.74, 6) is 0. The van der Waals surface area contributed by atoms with Crippen molar-refractivity contribution in [2.45, 2.75) is 19.3 Å². The molecule has 9 aromatic rings. The molecule has 53 heavy (non-hydrogen) atoms. The van der Waals surface area contributed by atoms with Crippen LogP contribution in [0.5, 0.6) is 0 Å². The SMILES string of the molecule is CC1(C)c2ccccc2-c2ccc(N(c3ccc(-c4cc(-c5ccccc5)c5oc6ccccc6c5c4)cc3)c3cccc(-c4ccccc4)c3)cc21. The lowest BCUT2D eigenvalue weighted by molar-refractivity contribution is 0.660. The molecule has 1 aromatic heterocycles. The van der Waals surface area contributed by atoms with Crippen molar-refractivity contribution in [3.63, 3.8) is 0 Å². The predicted molar refractivity (Wildman–Crippen MR) is 222 cm³/mol. The summed E-state index contributed by atoms with van der Waals surface area (Å²) in [6.07, 6.45) is 0. The van der Waals surface area contributed by atoms with E-state index in [1.807, 2.05) is 6.07 Å². The van der Waals surface area contributed by atoms with Crippen molar-refractivity contribution in [3.05, 3.63) is 199 Å². The summed E-state index contributed by atoms with van der Waals surface area (Å²) >= 11 is 0. The fourth-order valence-corrected chi connectivity index (χ4v) is 8.36. The van der Waals surface area contributed by atoms with Gasteiger partial charge in [0.2, 0.25) is 0 Å². The highest BCUT2D eigenvalue weighted by molar-refractivity contribution is 6.11. The van der Waals surface area contributed by atoms with E-state index in [2.05, 4.69) is 201 Å². The van der Waals surface area contributed by atoms with E-state index in [0.29, 0.717) is 0 Å². The molecule has 10 rings (SSSR count). The highest BCUT2D eigenvalue weighted by atomic mass is 16.3. The summed E-state index contributed by atoms with van der Waals surface area (Å²) in [5, 5.41) is 2.26. The molecule has 2 heteroatoms. The average molecular weight is 680 g/mol. The van der Waals surface area contributed by atoms with Gasteiger partial charge in [-0.05, 0) is 105 Å². The molecule has 0 N–H and O–H groups in total. The topological polar surface area (TPSA) is 16.4 Å². The van der Waals surface area contributed by atoms with Crippen molar-refractivity contribution in [3.8, 4) is 44.5 Å². The number of rotatable bonds is 6. The van der Waals surface area contributed by atoms with Gasteiger partial charge in [-0.2, -0.15) is 0 Å². The second-order valence-corrected chi connectivity index (χ2v) is 14.6. The molecule has 8 aromatic carbocycles. The van der Waals surface area contributed by atoms with Crippen LogP contribution < -0.4 is 4.90 Å². The summed E-state index contributed by atoms with van der Waals surface area (Å²) < 4.78 is 6.48. The molecular formula is C51H37NO. The number of para-hydroxylation sites is 1. The first kappa shape index (κ1) is 31.1. The van der Waals surface area contributed by atoms with E-state index >= 15 is 0 Å². The number of furan rings is 1. The Kier molecular flexibility index (Phi) is 7.19. The molecule has 0 saturated heterocycles. The smallest absolute Gasteiger partial charge is 0.143 e. The minimum absolute atomic E-state index is 0.101. The Morgan fingerprint density at radius 1 is 0.377 bits per heavy atom. The van der Waals surface area contributed by atoms with Crippen LogP contribution in [0.4, 0.5) is 17.1 Å². The second-order valence-electron chi connectivity index (χ2n) is 14.6. The Hall–Kier alpha value is -6.64. The third-order valence-electron chi connectivity index (χ3n) is 11.1. The molecule has 0 saturated carbocycles. The molecule has 0 unspecified atom stereocenters. The van der Waals surface area contributed by atoms with Gasteiger partial charge in [-0.25, -0.2) is 0 Å². The lowest BCUT2D eigenvalue weighted by Gasteiger charge is -2.28. The van der Waals surface area contributed by atoms with Crippen LogP contribution in [0.25, 0.3) is 66.4 Å². The minimum atomic E-state index is -0.101. The maximum absolute atomic E-state index is 6.48. The minimum Gasteiger partial charge on any atom is -0.455 e. The van der Waals surface area contributed by atoms with Gasteiger partial charge in [-0.3, -0.25) is 0 Å². The first-order valence-corrected chi connectivity index (χ1v) is 18.3. The molecule has 0 fully saturated rings. The molecule has 1 aliphatic rings. The Balaban J connectivity index is 1.12. The van der Waals surface area contributed by atoms with E-state index < -0.39 is 0 Å². The fourth-order valence-electron chi connectivity index (χ4n) is 8.36. The molecule has 2 nitrogen and oxygen atoms in total. The Morgan fingerprint density at radius 2 is 1.00 bits per heavy atom. The van der Waals surface area contributed by atoms with Gasteiger partial charge in [0.05, 0.1) is 0 Å². The summed E-state index contributed by atoms with van der Waals surface area (Å²) in [7, 11) is 0. The standard InChI is InChI=1S/C51H37NO/c1-51(2)47-22-11-9-20-42(47)43-29-28-41(33-48(43)51)52(40-19-13-18-37(30-40)34-14-5-3-6-15-34)39-26-24-35(25-27-39)38-31-45(36-16-7-4-8-17-36)50-46(32-38)44-21-10-12-23-49(44)53-50/h3-33H,1-2H3. The maximum Gasteiger partial charge on any atom is 0.143 e. The monoisotopic (exact) mass is 679 g/mol. The van der Waals surface area contributed by atoms with Crippen molar-refractivity contribution >= 4 is 39.0 Å². The molecule has 0 amide bonds. The van der Waals surface area contributed by atoms with Crippen LogP contribution in [0.2, 0.25) is 0 Å². The molecular weight excluding hydrogens is 643 g/mol. The van der Waals surface area contributed by atoms with Gasteiger partial charge in [0.1, 0.15) is 11.2 Å². The van der Waals surface area contributed by atoms with Gasteiger partial charge in [-0.1, -0.05) is 147 Å². The zero-order valence-electron chi connectivity index (χ0n) is 29.8. The first-order valence-electron chi connectivity index (χ1n) is 18.3. The van der Waals surface area contributed by atoms with E-state index in [4.69, 9.17) is 4.42 Å². The highest BCUT2D eigenvalue weighted by Gasteiger charge is 2.35. The Labute approximate surface area is 310 Å².